The Morgan fingerprint density at radius 1 is 1.32 bits per heavy atom. The second kappa shape index (κ2) is 6.73. The molecule has 0 aliphatic heterocycles. The average Bonchev–Trinajstić information content (AvgIpc) is 3.34. The Balaban J connectivity index is 1.54. The highest BCUT2D eigenvalue weighted by molar-refractivity contribution is 7.10. The molecule has 3 aromatic rings. The van der Waals surface area contributed by atoms with Crippen LogP contribution in [0.1, 0.15) is 17.7 Å². The van der Waals surface area contributed by atoms with Crippen molar-refractivity contribution in [2.75, 3.05) is 11.9 Å². The number of carbonyl (C=O) groups excluding carboxylic acids is 1. The van der Waals surface area contributed by atoms with Crippen LogP contribution in [0.3, 0.4) is 0 Å². The number of pyridine rings is 1. The first-order valence-electron chi connectivity index (χ1n) is 8.08. The number of amides is 2. The van der Waals surface area contributed by atoms with E-state index < -0.39 is 0 Å². The van der Waals surface area contributed by atoms with Crippen LogP contribution in [0.25, 0.3) is 22.4 Å². The zero-order valence-corrected chi connectivity index (χ0v) is 14.2. The Hall–Kier alpha value is -2.58. The van der Waals surface area contributed by atoms with Gasteiger partial charge in [0.1, 0.15) is 11.3 Å². The van der Waals surface area contributed by atoms with Gasteiger partial charge in [-0.2, -0.15) is 0 Å². The lowest BCUT2D eigenvalue weighted by Gasteiger charge is -2.07. The lowest BCUT2D eigenvalue weighted by molar-refractivity contribution is 0.251. The zero-order chi connectivity index (χ0) is 17.2. The van der Waals surface area contributed by atoms with Crippen molar-refractivity contribution >= 4 is 34.3 Å². The van der Waals surface area contributed by atoms with Gasteiger partial charge in [0.2, 0.25) is 0 Å². The molecule has 1 aliphatic carbocycles. The van der Waals surface area contributed by atoms with E-state index in [1.54, 1.807) is 18.3 Å². The largest absolute Gasteiger partial charge is 0.391 e. The van der Waals surface area contributed by atoms with Gasteiger partial charge in [-0.3, -0.25) is 10.3 Å². The van der Waals surface area contributed by atoms with Gasteiger partial charge in [-0.15, -0.1) is 11.3 Å². The van der Waals surface area contributed by atoms with Crippen molar-refractivity contribution in [3.05, 3.63) is 34.7 Å². The van der Waals surface area contributed by atoms with E-state index >= 15 is 0 Å². The lowest BCUT2D eigenvalue weighted by Crippen LogP contribution is -2.30. The molecule has 0 saturated heterocycles. The third-order valence-corrected chi connectivity index (χ3v) is 4.92. The Morgan fingerprint density at radius 3 is 2.96 bits per heavy atom. The molecule has 3 N–H and O–H groups in total. The number of urea groups is 1. The van der Waals surface area contributed by atoms with Gasteiger partial charge >= 0.3 is 6.03 Å². The second-order valence-electron chi connectivity index (χ2n) is 6.03. The molecule has 0 aromatic carbocycles. The smallest absolute Gasteiger partial charge is 0.320 e. The van der Waals surface area contributed by atoms with Gasteiger partial charge in [-0.05, 0) is 37.0 Å². The molecule has 4 rings (SSSR count). The Labute approximate surface area is 148 Å². The van der Waals surface area contributed by atoms with E-state index in [2.05, 4.69) is 25.6 Å². The lowest BCUT2D eigenvalue weighted by atomic mass is 10.2. The van der Waals surface area contributed by atoms with Gasteiger partial charge < -0.3 is 10.4 Å². The Kier molecular flexibility index (Phi) is 4.29. The maximum Gasteiger partial charge on any atom is 0.320 e. The van der Waals surface area contributed by atoms with Gasteiger partial charge in [0, 0.05) is 22.4 Å². The summed E-state index contributed by atoms with van der Waals surface area (Å²) in [6.45, 7) is 0.711. The number of fused-ring (bicyclic) bond motifs is 1. The fourth-order valence-corrected chi connectivity index (χ4v) is 3.16. The average molecular weight is 355 g/mol. The van der Waals surface area contributed by atoms with Crippen molar-refractivity contribution in [1.29, 1.82) is 0 Å². The van der Waals surface area contributed by atoms with Crippen LogP contribution in [0.15, 0.2) is 29.8 Å². The van der Waals surface area contributed by atoms with Gasteiger partial charge in [-0.1, -0.05) is 0 Å². The molecule has 0 atom stereocenters. The van der Waals surface area contributed by atoms with Crippen LogP contribution in [-0.2, 0) is 6.61 Å². The van der Waals surface area contributed by atoms with Gasteiger partial charge in [-0.25, -0.2) is 14.8 Å². The molecule has 0 bridgehead atoms. The summed E-state index contributed by atoms with van der Waals surface area (Å²) in [5.41, 5.74) is 2.71. The zero-order valence-electron chi connectivity index (χ0n) is 13.4. The second-order valence-corrected chi connectivity index (χ2v) is 7.03. The quantitative estimate of drug-likeness (QED) is 0.653. The van der Waals surface area contributed by atoms with E-state index in [-0.39, 0.29) is 12.6 Å². The number of aromatic nitrogens is 3. The predicted molar refractivity (Wildman–Crippen MR) is 96.3 cm³/mol. The van der Waals surface area contributed by atoms with E-state index in [0.29, 0.717) is 35.1 Å². The normalized spacial score (nSPS) is 13.8. The Morgan fingerprint density at radius 2 is 2.20 bits per heavy atom. The van der Waals surface area contributed by atoms with E-state index in [9.17, 15) is 9.90 Å². The maximum absolute atomic E-state index is 11.9. The third kappa shape index (κ3) is 3.75. The minimum Gasteiger partial charge on any atom is -0.391 e. The monoisotopic (exact) mass is 355 g/mol. The molecular formula is C17H17N5O2S. The molecule has 8 heteroatoms. The van der Waals surface area contributed by atoms with Crippen molar-refractivity contribution in [2.45, 2.75) is 19.4 Å². The summed E-state index contributed by atoms with van der Waals surface area (Å²) in [5.74, 6) is 1.06. The van der Waals surface area contributed by atoms with E-state index in [4.69, 9.17) is 0 Å². The summed E-state index contributed by atoms with van der Waals surface area (Å²) in [6, 6.07) is 5.12. The molecule has 128 valence electrons. The summed E-state index contributed by atoms with van der Waals surface area (Å²) in [6.07, 6.45) is 4.06. The molecular weight excluding hydrogens is 338 g/mol. The van der Waals surface area contributed by atoms with E-state index in [0.717, 1.165) is 10.4 Å². The molecule has 3 aromatic heterocycles. The highest BCUT2D eigenvalue weighted by Gasteiger charge is 2.21. The van der Waals surface area contributed by atoms with Crippen molar-refractivity contribution in [1.82, 2.24) is 20.3 Å². The molecule has 0 unspecified atom stereocenters. The fourth-order valence-electron chi connectivity index (χ4n) is 2.42. The number of nitrogens with one attached hydrogen (secondary N) is 2. The number of hydrogen-bond acceptors (Lipinski definition) is 6. The van der Waals surface area contributed by atoms with Crippen LogP contribution in [0.4, 0.5) is 10.6 Å². The molecule has 1 saturated carbocycles. The van der Waals surface area contributed by atoms with Crippen LogP contribution in [-0.4, -0.2) is 32.6 Å². The molecule has 7 nitrogen and oxygen atoms in total. The number of aliphatic hydroxyl groups is 1. The first-order valence-corrected chi connectivity index (χ1v) is 8.96. The van der Waals surface area contributed by atoms with Crippen LogP contribution in [0, 0.1) is 5.92 Å². The van der Waals surface area contributed by atoms with Gasteiger partial charge in [0.15, 0.2) is 5.65 Å². The SMILES string of the molecule is O=C(NCC1CC1)Nc1ccc2ncc(-c3csc(CO)c3)nc2n1. The van der Waals surface area contributed by atoms with Gasteiger partial charge in [0.25, 0.3) is 0 Å². The summed E-state index contributed by atoms with van der Waals surface area (Å²) in [4.78, 5) is 26.0. The predicted octanol–water partition coefficient (Wildman–Crippen LogP) is 2.78. The number of aliphatic hydroxyl groups excluding tert-OH is 1. The van der Waals surface area contributed by atoms with Crippen molar-refractivity contribution < 1.29 is 9.90 Å². The first-order chi connectivity index (χ1) is 12.2. The molecule has 2 amide bonds. The number of rotatable bonds is 5. The topological polar surface area (TPSA) is 100 Å². The number of anilines is 1. The fraction of sp³-hybridized carbons (Fsp3) is 0.294. The molecule has 1 fully saturated rings. The van der Waals surface area contributed by atoms with Gasteiger partial charge in [0.05, 0.1) is 18.5 Å². The minimum absolute atomic E-state index is 0.00790. The number of hydrogen-bond donors (Lipinski definition) is 3. The Bertz CT molecular complexity index is 922. The van der Waals surface area contributed by atoms with Crippen LogP contribution >= 0.6 is 11.3 Å². The number of thiophene rings is 1. The summed E-state index contributed by atoms with van der Waals surface area (Å²) < 4.78 is 0. The number of nitrogens with zero attached hydrogens (tertiary/aromatic N) is 3. The van der Waals surface area contributed by atoms with Crippen LogP contribution in [0.5, 0.6) is 0 Å². The first kappa shape index (κ1) is 15.9. The number of carbonyl (C=O) groups is 1. The standard InChI is InChI=1S/C17H17N5O2S/c23-8-12-5-11(9-25-12)14-7-18-13-3-4-15(21-16(13)20-14)22-17(24)19-6-10-1-2-10/h3-5,7,9-10,23H,1-2,6,8H2,(H2,19,20,21,22,24). The highest BCUT2D eigenvalue weighted by atomic mass is 32.1. The van der Waals surface area contributed by atoms with Crippen molar-refractivity contribution in [2.24, 2.45) is 5.92 Å². The maximum atomic E-state index is 11.9. The summed E-state index contributed by atoms with van der Waals surface area (Å²) >= 11 is 1.47. The minimum atomic E-state index is -0.256. The highest BCUT2D eigenvalue weighted by Crippen LogP contribution is 2.27. The molecule has 1 aliphatic rings. The molecule has 0 spiro atoms. The van der Waals surface area contributed by atoms with Crippen molar-refractivity contribution in [3.8, 4) is 11.3 Å². The van der Waals surface area contributed by atoms with E-state index in [1.807, 2.05) is 11.4 Å². The van der Waals surface area contributed by atoms with Crippen molar-refractivity contribution in [3.63, 3.8) is 0 Å². The van der Waals surface area contributed by atoms with Crippen LogP contribution in [0.2, 0.25) is 0 Å². The van der Waals surface area contributed by atoms with Crippen LogP contribution < -0.4 is 10.6 Å². The molecule has 25 heavy (non-hydrogen) atoms. The summed E-state index contributed by atoms with van der Waals surface area (Å²) in [7, 11) is 0. The molecule has 3 heterocycles. The third-order valence-electron chi connectivity index (χ3n) is 4.00. The summed E-state index contributed by atoms with van der Waals surface area (Å²) in [5, 5.41) is 16.7. The molecule has 0 radical (unpaired) electrons. The van der Waals surface area contributed by atoms with E-state index in [1.165, 1.54) is 24.2 Å².